The van der Waals surface area contributed by atoms with Crippen LogP contribution in [0.25, 0.3) is 0 Å². The first kappa shape index (κ1) is 33.0. The number of carbonyl (C=O) groups is 2. The summed E-state index contributed by atoms with van der Waals surface area (Å²) in [5, 5.41) is 9.73. The fourth-order valence-corrected chi connectivity index (χ4v) is 5.84. The van der Waals surface area contributed by atoms with E-state index in [2.05, 4.69) is 20.8 Å². The minimum absolute atomic E-state index is 0.0608. The van der Waals surface area contributed by atoms with Crippen LogP contribution in [0.3, 0.4) is 0 Å². The Labute approximate surface area is 223 Å². The molecule has 1 aliphatic carbocycles. The third kappa shape index (κ3) is 14.0. The molecule has 0 amide bonds. The van der Waals surface area contributed by atoms with E-state index in [0.29, 0.717) is 12.8 Å². The molecule has 0 aromatic rings. The molecule has 0 radical (unpaired) electrons. The van der Waals surface area contributed by atoms with Crippen LogP contribution in [0.5, 0.6) is 0 Å². The SMILES string of the molecule is CCCCCCCCCCCCCC(CCCCCCC(C)C)OC(=O)C1(C)CCCCC1C(=O)O. The van der Waals surface area contributed by atoms with E-state index in [4.69, 9.17) is 4.74 Å². The second-order valence-corrected chi connectivity index (χ2v) is 12.3. The summed E-state index contributed by atoms with van der Waals surface area (Å²) in [5.41, 5.74) is -0.878. The maximum atomic E-state index is 13.3. The van der Waals surface area contributed by atoms with E-state index in [1.807, 2.05) is 6.92 Å². The van der Waals surface area contributed by atoms with E-state index in [0.717, 1.165) is 44.4 Å². The molecule has 3 unspecified atom stereocenters. The minimum Gasteiger partial charge on any atom is -0.481 e. The fraction of sp³-hybridized carbons (Fsp3) is 0.938. The molecule has 1 aliphatic rings. The van der Waals surface area contributed by atoms with Gasteiger partial charge in [-0.15, -0.1) is 0 Å². The Morgan fingerprint density at radius 3 is 1.72 bits per heavy atom. The van der Waals surface area contributed by atoms with Crippen LogP contribution in [0.1, 0.15) is 169 Å². The first-order valence-corrected chi connectivity index (χ1v) is 15.7. The van der Waals surface area contributed by atoms with Crippen molar-refractivity contribution in [3.63, 3.8) is 0 Å². The number of hydrogen-bond donors (Lipinski definition) is 1. The van der Waals surface area contributed by atoms with Gasteiger partial charge in [-0.3, -0.25) is 9.59 Å². The molecule has 4 nitrogen and oxygen atoms in total. The van der Waals surface area contributed by atoms with Gasteiger partial charge in [0.05, 0.1) is 11.3 Å². The molecule has 0 aromatic heterocycles. The van der Waals surface area contributed by atoms with Gasteiger partial charge < -0.3 is 9.84 Å². The third-order valence-corrected chi connectivity index (χ3v) is 8.43. The lowest BCUT2D eigenvalue weighted by atomic mass is 9.67. The summed E-state index contributed by atoms with van der Waals surface area (Å²) >= 11 is 0. The normalized spacial score (nSPS) is 21.0. The molecule has 1 saturated carbocycles. The van der Waals surface area contributed by atoms with Gasteiger partial charge in [0.2, 0.25) is 0 Å². The highest BCUT2D eigenvalue weighted by Crippen LogP contribution is 2.42. The maximum Gasteiger partial charge on any atom is 0.312 e. The van der Waals surface area contributed by atoms with E-state index in [1.54, 1.807) is 0 Å². The topological polar surface area (TPSA) is 63.6 Å². The summed E-state index contributed by atoms with van der Waals surface area (Å²) in [7, 11) is 0. The summed E-state index contributed by atoms with van der Waals surface area (Å²) in [5.74, 6) is -0.959. The highest BCUT2D eigenvalue weighted by Gasteiger charge is 2.48. The molecule has 0 heterocycles. The van der Waals surface area contributed by atoms with Crippen molar-refractivity contribution in [3.8, 4) is 0 Å². The Hall–Kier alpha value is -1.06. The quantitative estimate of drug-likeness (QED) is 0.117. The number of hydrogen-bond acceptors (Lipinski definition) is 3. The van der Waals surface area contributed by atoms with Gasteiger partial charge in [0.15, 0.2) is 0 Å². The third-order valence-electron chi connectivity index (χ3n) is 8.43. The number of unbranched alkanes of at least 4 members (excludes halogenated alkanes) is 13. The molecular formula is C32H60O4. The second kappa shape index (κ2) is 20.0. The van der Waals surface area contributed by atoms with E-state index in [9.17, 15) is 14.7 Å². The Morgan fingerprint density at radius 2 is 1.25 bits per heavy atom. The lowest BCUT2D eigenvalue weighted by Crippen LogP contribution is -2.44. The van der Waals surface area contributed by atoms with Crippen molar-refractivity contribution in [2.45, 2.75) is 175 Å². The lowest BCUT2D eigenvalue weighted by Gasteiger charge is -2.37. The van der Waals surface area contributed by atoms with Gasteiger partial charge in [-0.25, -0.2) is 0 Å². The van der Waals surface area contributed by atoms with Crippen molar-refractivity contribution < 1.29 is 19.4 Å². The molecule has 0 aromatic carbocycles. The zero-order valence-electron chi connectivity index (χ0n) is 24.5. The number of aliphatic carboxylic acids is 1. The summed E-state index contributed by atoms with van der Waals surface area (Å²) in [6, 6.07) is 0. The highest BCUT2D eigenvalue weighted by molar-refractivity contribution is 5.84. The second-order valence-electron chi connectivity index (χ2n) is 12.3. The average Bonchev–Trinajstić information content (AvgIpc) is 2.84. The monoisotopic (exact) mass is 508 g/mol. The van der Waals surface area contributed by atoms with Gasteiger partial charge in [0.1, 0.15) is 6.10 Å². The van der Waals surface area contributed by atoms with Gasteiger partial charge in [-0.2, -0.15) is 0 Å². The van der Waals surface area contributed by atoms with Crippen molar-refractivity contribution in [3.05, 3.63) is 0 Å². The van der Waals surface area contributed by atoms with Gasteiger partial charge in [-0.05, 0) is 51.4 Å². The largest absolute Gasteiger partial charge is 0.481 e. The van der Waals surface area contributed by atoms with Gasteiger partial charge in [0, 0.05) is 0 Å². The molecule has 1 rings (SSSR count). The molecule has 0 spiro atoms. The Morgan fingerprint density at radius 1 is 0.778 bits per heavy atom. The molecule has 1 N–H and O–H groups in total. The molecular weight excluding hydrogens is 448 g/mol. The minimum atomic E-state index is -0.878. The first-order valence-electron chi connectivity index (χ1n) is 15.7. The zero-order chi connectivity index (χ0) is 26.7. The summed E-state index contributed by atoms with van der Waals surface area (Å²) in [6.45, 7) is 8.65. The Balaban J connectivity index is 2.44. The lowest BCUT2D eigenvalue weighted by molar-refractivity contribution is -0.174. The van der Waals surface area contributed by atoms with Crippen molar-refractivity contribution >= 4 is 11.9 Å². The highest BCUT2D eigenvalue weighted by atomic mass is 16.5. The van der Waals surface area contributed by atoms with Crippen molar-refractivity contribution in [2.75, 3.05) is 0 Å². The van der Waals surface area contributed by atoms with E-state index >= 15 is 0 Å². The molecule has 36 heavy (non-hydrogen) atoms. The Kier molecular flexibility index (Phi) is 18.3. The zero-order valence-corrected chi connectivity index (χ0v) is 24.5. The van der Waals surface area contributed by atoms with Crippen molar-refractivity contribution in [2.24, 2.45) is 17.3 Å². The molecule has 0 saturated heterocycles. The molecule has 1 fully saturated rings. The summed E-state index contributed by atoms with van der Waals surface area (Å²) < 4.78 is 6.11. The molecule has 0 bridgehead atoms. The van der Waals surface area contributed by atoms with Crippen LogP contribution in [0, 0.1) is 17.3 Å². The van der Waals surface area contributed by atoms with Crippen LogP contribution in [0.15, 0.2) is 0 Å². The van der Waals surface area contributed by atoms with Crippen LogP contribution < -0.4 is 0 Å². The number of ether oxygens (including phenoxy) is 1. The van der Waals surface area contributed by atoms with Crippen LogP contribution in [0.4, 0.5) is 0 Å². The maximum absolute atomic E-state index is 13.3. The molecule has 0 aliphatic heterocycles. The van der Waals surface area contributed by atoms with E-state index < -0.39 is 17.3 Å². The van der Waals surface area contributed by atoms with Crippen LogP contribution in [-0.2, 0) is 14.3 Å². The van der Waals surface area contributed by atoms with Gasteiger partial charge in [-0.1, -0.05) is 124 Å². The van der Waals surface area contributed by atoms with E-state index in [1.165, 1.54) is 89.9 Å². The molecule has 3 atom stereocenters. The van der Waals surface area contributed by atoms with Crippen molar-refractivity contribution in [1.82, 2.24) is 0 Å². The number of carbonyl (C=O) groups excluding carboxylic acids is 1. The van der Waals surface area contributed by atoms with Gasteiger partial charge >= 0.3 is 11.9 Å². The van der Waals surface area contributed by atoms with Crippen molar-refractivity contribution in [1.29, 1.82) is 0 Å². The molecule has 212 valence electrons. The van der Waals surface area contributed by atoms with Crippen LogP contribution >= 0.6 is 0 Å². The Bertz CT molecular complexity index is 573. The molecule has 4 heteroatoms. The number of carboxylic acids is 1. The average molecular weight is 509 g/mol. The van der Waals surface area contributed by atoms with Gasteiger partial charge in [0.25, 0.3) is 0 Å². The summed E-state index contributed by atoms with van der Waals surface area (Å²) in [6.07, 6.45) is 25.3. The predicted octanol–water partition coefficient (Wildman–Crippen LogP) is 9.88. The standard InChI is InChI=1S/C32H60O4/c1-5-6-7-8-9-10-11-12-13-14-18-23-28(24-19-16-15-17-22-27(2)3)36-31(35)32(4)26-21-20-25-29(32)30(33)34/h27-29H,5-26H2,1-4H3,(H,33,34). The van der Waals surface area contributed by atoms with Crippen LogP contribution in [-0.4, -0.2) is 23.1 Å². The fourth-order valence-electron chi connectivity index (χ4n) is 5.84. The summed E-state index contributed by atoms with van der Waals surface area (Å²) in [4.78, 5) is 25.1. The number of carboxylic acid groups (broad SMARTS) is 1. The first-order chi connectivity index (χ1) is 17.3. The number of esters is 1. The number of rotatable bonds is 22. The van der Waals surface area contributed by atoms with Crippen LogP contribution in [0.2, 0.25) is 0 Å². The predicted molar refractivity (Wildman–Crippen MR) is 151 cm³/mol. The van der Waals surface area contributed by atoms with E-state index in [-0.39, 0.29) is 12.1 Å². The smallest absolute Gasteiger partial charge is 0.312 e.